The van der Waals surface area contributed by atoms with Crippen LogP contribution in [0.3, 0.4) is 0 Å². The summed E-state index contributed by atoms with van der Waals surface area (Å²) >= 11 is 0. The van der Waals surface area contributed by atoms with Crippen LogP contribution in [0.2, 0.25) is 0 Å². The number of methoxy groups -OCH3 is 1. The smallest absolute Gasteiger partial charge is 0.339 e. The lowest BCUT2D eigenvalue weighted by molar-refractivity contribution is 0.0600. The van der Waals surface area contributed by atoms with Gasteiger partial charge in [-0.3, -0.25) is 4.40 Å². The van der Waals surface area contributed by atoms with Crippen molar-refractivity contribution < 1.29 is 9.53 Å². The average molecular weight is 411 g/mol. The van der Waals surface area contributed by atoms with Crippen molar-refractivity contribution in [2.75, 3.05) is 12.4 Å². The van der Waals surface area contributed by atoms with Gasteiger partial charge in [-0.25, -0.2) is 14.8 Å². The van der Waals surface area contributed by atoms with Gasteiger partial charge in [0.15, 0.2) is 0 Å². The predicted octanol–water partition coefficient (Wildman–Crippen LogP) is 4.36. The fourth-order valence-electron chi connectivity index (χ4n) is 3.76. The number of rotatable bonds is 5. The van der Waals surface area contributed by atoms with Gasteiger partial charge in [0, 0.05) is 18.9 Å². The molecule has 1 N–H and O–H groups in total. The SMILES string of the molecule is COC(=O)c1ccc2nc(-c3nc(C)n4ccccc34)c(NCc3ccccc3)n2c1. The van der Waals surface area contributed by atoms with E-state index in [1.54, 1.807) is 12.3 Å². The lowest BCUT2D eigenvalue weighted by Crippen LogP contribution is -2.06. The number of nitrogens with one attached hydrogen (secondary N) is 1. The van der Waals surface area contributed by atoms with Crippen molar-refractivity contribution >= 4 is 23.0 Å². The van der Waals surface area contributed by atoms with Crippen LogP contribution in [0, 0.1) is 6.92 Å². The largest absolute Gasteiger partial charge is 0.465 e. The second-order valence-electron chi connectivity index (χ2n) is 7.25. The number of benzene rings is 1. The van der Waals surface area contributed by atoms with Gasteiger partial charge in [0.1, 0.15) is 28.7 Å². The first kappa shape index (κ1) is 18.9. The Hall–Kier alpha value is -4.13. The Kier molecular flexibility index (Phi) is 4.63. The number of aromatic nitrogens is 4. The zero-order chi connectivity index (χ0) is 21.4. The summed E-state index contributed by atoms with van der Waals surface area (Å²) in [6.45, 7) is 2.58. The van der Waals surface area contributed by atoms with Crippen LogP contribution in [0.25, 0.3) is 22.6 Å². The number of aryl methyl sites for hydroxylation is 1. The molecule has 1 aromatic carbocycles. The Bertz CT molecular complexity index is 1400. The molecule has 0 saturated carbocycles. The minimum absolute atomic E-state index is 0.394. The van der Waals surface area contributed by atoms with Gasteiger partial charge < -0.3 is 14.5 Å². The van der Waals surface area contributed by atoms with Gasteiger partial charge >= 0.3 is 5.97 Å². The molecule has 154 valence electrons. The number of anilines is 1. The molecule has 0 amide bonds. The second-order valence-corrected chi connectivity index (χ2v) is 7.25. The van der Waals surface area contributed by atoms with E-state index in [0.29, 0.717) is 17.8 Å². The van der Waals surface area contributed by atoms with Crippen molar-refractivity contribution in [1.82, 2.24) is 18.8 Å². The van der Waals surface area contributed by atoms with Crippen LogP contribution in [0.1, 0.15) is 21.7 Å². The summed E-state index contributed by atoms with van der Waals surface area (Å²) in [5, 5.41) is 3.51. The number of hydrogen-bond donors (Lipinski definition) is 1. The number of carbonyl (C=O) groups excluding carboxylic acids is 1. The van der Waals surface area contributed by atoms with Gasteiger partial charge in [-0.15, -0.1) is 0 Å². The summed E-state index contributed by atoms with van der Waals surface area (Å²) in [6, 6.07) is 19.7. The van der Waals surface area contributed by atoms with Crippen molar-refractivity contribution in [2.45, 2.75) is 13.5 Å². The first-order chi connectivity index (χ1) is 15.2. The minimum Gasteiger partial charge on any atom is -0.465 e. The van der Waals surface area contributed by atoms with Crippen LogP contribution in [0.15, 0.2) is 73.1 Å². The first-order valence-electron chi connectivity index (χ1n) is 9.98. The van der Waals surface area contributed by atoms with E-state index in [1.165, 1.54) is 7.11 Å². The molecule has 5 rings (SSSR count). The van der Waals surface area contributed by atoms with Gasteiger partial charge in [0.05, 0.1) is 18.2 Å². The van der Waals surface area contributed by atoms with Crippen LogP contribution in [0.4, 0.5) is 5.82 Å². The number of pyridine rings is 2. The van der Waals surface area contributed by atoms with Crippen molar-refractivity contribution in [3.05, 3.63) is 90.0 Å². The van der Waals surface area contributed by atoms with E-state index in [0.717, 1.165) is 34.1 Å². The van der Waals surface area contributed by atoms with Crippen molar-refractivity contribution in [3.8, 4) is 11.4 Å². The van der Waals surface area contributed by atoms with E-state index >= 15 is 0 Å². The Morgan fingerprint density at radius 1 is 0.968 bits per heavy atom. The quantitative estimate of drug-likeness (QED) is 0.435. The standard InChI is InChI=1S/C24H21N5O2/c1-16-26-21(19-10-6-7-13-28(16)19)22-23(25-14-17-8-4-3-5-9-17)29-15-18(24(30)31-2)11-12-20(29)27-22/h3-13,15,25H,14H2,1-2H3. The third kappa shape index (κ3) is 3.30. The third-order valence-electron chi connectivity index (χ3n) is 5.29. The number of nitrogens with zero attached hydrogens (tertiary/aromatic N) is 4. The van der Waals surface area contributed by atoms with Gasteiger partial charge in [0.2, 0.25) is 0 Å². The normalized spacial score (nSPS) is 11.2. The summed E-state index contributed by atoms with van der Waals surface area (Å²) in [5.74, 6) is 1.26. The lowest BCUT2D eigenvalue weighted by atomic mass is 10.2. The molecular formula is C24H21N5O2. The number of carbonyl (C=O) groups is 1. The molecule has 0 aliphatic heterocycles. The maximum absolute atomic E-state index is 12.1. The maximum atomic E-state index is 12.1. The van der Waals surface area contributed by atoms with E-state index in [-0.39, 0.29) is 0 Å². The summed E-state index contributed by atoms with van der Waals surface area (Å²) < 4.78 is 8.82. The Morgan fingerprint density at radius 2 is 1.77 bits per heavy atom. The van der Waals surface area contributed by atoms with E-state index in [2.05, 4.69) is 17.4 Å². The summed E-state index contributed by atoms with van der Waals surface area (Å²) in [7, 11) is 1.38. The molecule has 4 aromatic heterocycles. The molecule has 0 radical (unpaired) electrons. The van der Waals surface area contributed by atoms with E-state index < -0.39 is 5.97 Å². The summed E-state index contributed by atoms with van der Waals surface area (Å²) in [6.07, 6.45) is 3.74. The van der Waals surface area contributed by atoms with Crippen molar-refractivity contribution in [3.63, 3.8) is 0 Å². The highest BCUT2D eigenvalue weighted by molar-refractivity contribution is 5.90. The number of imidazole rings is 2. The molecule has 0 atom stereocenters. The van der Waals surface area contributed by atoms with Gasteiger partial charge in [-0.05, 0) is 36.8 Å². The highest BCUT2D eigenvalue weighted by atomic mass is 16.5. The van der Waals surface area contributed by atoms with Gasteiger partial charge in [0.25, 0.3) is 0 Å². The zero-order valence-electron chi connectivity index (χ0n) is 17.2. The summed E-state index contributed by atoms with van der Waals surface area (Å²) in [4.78, 5) is 21.8. The van der Waals surface area contributed by atoms with Gasteiger partial charge in [-0.1, -0.05) is 36.4 Å². The monoisotopic (exact) mass is 411 g/mol. The van der Waals surface area contributed by atoms with E-state index in [4.69, 9.17) is 14.7 Å². The molecule has 0 bridgehead atoms. The average Bonchev–Trinajstić information content (AvgIpc) is 3.35. The second kappa shape index (κ2) is 7.60. The number of ether oxygens (including phenoxy) is 1. The van der Waals surface area contributed by atoms with E-state index in [1.807, 2.05) is 64.4 Å². The minimum atomic E-state index is -0.394. The molecule has 0 spiro atoms. The molecule has 7 nitrogen and oxygen atoms in total. The molecule has 0 fully saturated rings. The molecule has 5 aromatic rings. The number of esters is 1. The van der Waals surface area contributed by atoms with Crippen molar-refractivity contribution in [1.29, 1.82) is 0 Å². The summed E-state index contributed by atoms with van der Waals surface area (Å²) in [5.41, 5.74) is 4.80. The highest BCUT2D eigenvalue weighted by Gasteiger charge is 2.20. The molecule has 4 heterocycles. The van der Waals surface area contributed by atoms with Crippen LogP contribution < -0.4 is 5.32 Å². The first-order valence-corrected chi connectivity index (χ1v) is 9.98. The van der Waals surface area contributed by atoms with Crippen LogP contribution in [-0.2, 0) is 11.3 Å². The Balaban J connectivity index is 1.70. The fraction of sp³-hybridized carbons (Fsp3) is 0.125. The van der Waals surface area contributed by atoms with E-state index in [9.17, 15) is 4.79 Å². The molecular weight excluding hydrogens is 390 g/mol. The fourth-order valence-corrected chi connectivity index (χ4v) is 3.76. The topological polar surface area (TPSA) is 72.9 Å². The molecule has 31 heavy (non-hydrogen) atoms. The number of hydrogen-bond acceptors (Lipinski definition) is 5. The lowest BCUT2D eigenvalue weighted by Gasteiger charge is -2.09. The van der Waals surface area contributed by atoms with Crippen LogP contribution >= 0.6 is 0 Å². The Morgan fingerprint density at radius 3 is 2.58 bits per heavy atom. The maximum Gasteiger partial charge on any atom is 0.339 e. The van der Waals surface area contributed by atoms with Crippen LogP contribution in [0.5, 0.6) is 0 Å². The Labute approximate surface area is 179 Å². The number of fused-ring (bicyclic) bond motifs is 2. The molecule has 0 saturated heterocycles. The molecule has 0 aliphatic carbocycles. The molecule has 0 unspecified atom stereocenters. The molecule has 0 aliphatic rings. The predicted molar refractivity (Wildman–Crippen MR) is 119 cm³/mol. The van der Waals surface area contributed by atoms with Gasteiger partial charge in [-0.2, -0.15) is 0 Å². The molecule has 7 heteroatoms. The third-order valence-corrected chi connectivity index (χ3v) is 5.29. The van der Waals surface area contributed by atoms with Crippen molar-refractivity contribution in [2.24, 2.45) is 0 Å². The highest BCUT2D eigenvalue weighted by Crippen LogP contribution is 2.32. The van der Waals surface area contributed by atoms with Crippen LogP contribution in [-0.4, -0.2) is 31.8 Å². The zero-order valence-corrected chi connectivity index (χ0v) is 17.2.